The van der Waals surface area contributed by atoms with Gasteiger partial charge < -0.3 is 10.6 Å². The number of halogens is 1. The predicted molar refractivity (Wildman–Crippen MR) is 104 cm³/mol. The maximum absolute atomic E-state index is 13.8. The number of nitrogens with zero attached hydrogens (tertiary/aromatic N) is 2. The predicted octanol–water partition coefficient (Wildman–Crippen LogP) is 3.63. The molecule has 0 spiro atoms. The third-order valence-electron chi connectivity index (χ3n) is 4.64. The van der Waals surface area contributed by atoms with Crippen molar-refractivity contribution >= 4 is 11.6 Å². The van der Waals surface area contributed by atoms with Gasteiger partial charge in [0.2, 0.25) is 5.91 Å². The molecule has 0 bridgehead atoms. The van der Waals surface area contributed by atoms with Crippen molar-refractivity contribution in [3.63, 3.8) is 0 Å². The molecular weight excluding hydrogens is 329 g/mol. The van der Waals surface area contributed by atoms with Crippen LogP contribution < -0.4 is 5.73 Å². The molecule has 1 saturated heterocycles. The summed E-state index contributed by atoms with van der Waals surface area (Å²) in [5.41, 5.74) is 7.55. The van der Waals surface area contributed by atoms with E-state index in [1.54, 1.807) is 30.5 Å². The molecule has 0 radical (unpaired) electrons. The summed E-state index contributed by atoms with van der Waals surface area (Å²) >= 11 is 0. The van der Waals surface area contributed by atoms with E-state index in [2.05, 4.69) is 11.6 Å². The van der Waals surface area contributed by atoms with Crippen LogP contribution in [0.15, 0.2) is 54.2 Å². The number of carbonyl (C=O) groups is 1. The number of benzene rings is 1. The van der Waals surface area contributed by atoms with E-state index in [0.29, 0.717) is 18.4 Å². The summed E-state index contributed by atoms with van der Waals surface area (Å²) in [6.45, 7) is 6.46. The van der Waals surface area contributed by atoms with Crippen LogP contribution in [-0.2, 0) is 11.2 Å². The molecule has 1 aliphatic heterocycles. The Morgan fingerprint density at radius 1 is 1.50 bits per heavy atom. The molecule has 0 aromatic heterocycles. The van der Waals surface area contributed by atoms with E-state index in [1.807, 2.05) is 17.9 Å². The van der Waals surface area contributed by atoms with Gasteiger partial charge in [0, 0.05) is 43.4 Å². The molecule has 1 amide bonds. The fourth-order valence-corrected chi connectivity index (χ4v) is 3.34. The van der Waals surface area contributed by atoms with Crippen molar-refractivity contribution in [1.29, 1.82) is 0 Å². The molecule has 1 aromatic carbocycles. The molecule has 4 nitrogen and oxygen atoms in total. The SMILES string of the molecule is C=CC(CC1CCCN1C(=O)C[C@H](N)Cc1ccccc1F)=N/C=C\C. The minimum absolute atomic E-state index is 0.0331. The molecule has 1 fully saturated rings. The molecule has 0 aliphatic carbocycles. The zero-order chi connectivity index (χ0) is 18.9. The third-order valence-corrected chi connectivity index (χ3v) is 4.64. The second kappa shape index (κ2) is 10.0. The highest BCUT2D eigenvalue weighted by atomic mass is 19.1. The van der Waals surface area contributed by atoms with Crippen molar-refractivity contribution in [2.75, 3.05) is 6.54 Å². The van der Waals surface area contributed by atoms with Crippen LogP contribution in [0.4, 0.5) is 4.39 Å². The lowest BCUT2D eigenvalue weighted by Crippen LogP contribution is -2.40. The van der Waals surface area contributed by atoms with E-state index in [0.717, 1.165) is 25.1 Å². The zero-order valence-corrected chi connectivity index (χ0v) is 15.4. The summed E-state index contributed by atoms with van der Waals surface area (Å²) in [6.07, 6.45) is 8.56. The number of nitrogens with two attached hydrogens (primary N) is 1. The maximum atomic E-state index is 13.8. The van der Waals surface area contributed by atoms with E-state index in [-0.39, 0.29) is 24.2 Å². The first kappa shape index (κ1) is 20.0. The first-order valence-electron chi connectivity index (χ1n) is 9.13. The molecule has 5 heteroatoms. The smallest absolute Gasteiger partial charge is 0.224 e. The van der Waals surface area contributed by atoms with Crippen LogP contribution in [0.25, 0.3) is 0 Å². The number of carbonyl (C=O) groups excluding carboxylic acids is 1. The second-order valence-corrected chi connectivity index (χ2v) is 6.65. The Kier molecular flexibility index (Phi) is 7.73. The van der Waals surface area contributed by atoms with Gasteiger partial charge in [-0.2, -0.15) is 0 Å². The second-order valence-electron chi connectivity index (χ2n) is 6.65. The summed E-state index contributed by atoms with van der Waals surface area (Å²) in [5.74, 6) is -0.240. The molecular formula is C21H28FN3O. The minimum Gasteiger partial charge on any atom is -0.339 e. The van der Waals surface area contributed by atoms with Crippen LogP contribution >= 0.6 is 0 Å². The highest BCUT2D eigenvalue weighted by Gasteiger charge is 2.30. The molecule has 2 rings (SSSR count). The average molecular weight is 357 g/mol. The first-order chi connectivity index (χ1) is 12.5. The number of hydrogen-bond donors (Lipinski definition) is 1. The highest BCUT2D eigenvalue weighted by Crippen LogP contribution is 2.22. The number of likely N-dealkylation sites (tertiary alicyclic amines) is 1. The van der Waals surface area contributed by atoms with Gasteiger partial charge >= 0.3 is 0 Å². The van der Waals surface area contributed by atoms with E-state index in [4.69, 9.17) is 5.73 Å². The Bertz CT molecular complexity index is 684. The van der Waals surface area contributed by atoms with Crippen LogP contribution in [0, 0.1) is 5.82 Å². The maximum Gasteiger partial charge on any atom is 0.224 e. The molecule has 0 saturated carbocycles. The Hall–Kier alpha value is -2.27. The van der Waals surface area contributed by atoms with Crippen LogP contribution in [0.5, 0.6) is 0 Å². The van der Waals surface area contributed by atoms with Gasteiger partial charge in [0.05, 0.1) is 0 Å². The minimum atomic E-state index is -0.392. The topological polar surface area (TPSA) is 58.7 Å². The normalized spacial score (nSPS) is 19.1. The summed E-state index contributed by atoms with van der Waals surface area (Å²) in [4.78, 5) is 19.0. The monoisotopic (exact) mass is 357 g/mol. The summed E-state index contributed by atoms with van der Waals surface area (Å²) in [7, 11) is 0. The average Bonchev–Trinajstić information content (AvgIpc) is 3.08. The number of allylic oxidation sites excluding steroid dienone is 2. The molecule has 26 heavy (non-hydrogen) atoms. The van der Waals surface area contributed by atoms with Gasteiger partial charge in [0.25, 0.3) is 0 Å². The van der Waals surface area contributed by atoms with Gasteiger partial charge in [0.1, 0.15) is 5.82 Å². The molecule has 1 unspecified atom stereocenters. The molecule has 1 heterocycles. The quantitative estimate of drug-likeness (QED) is 0.722. The molecule has 2 N–H and O–H groups in total. The summed E-state index contributed by atoms with van der Waals surface area (Å²) < 4.78 is 13.8. The van der Waals surface area contributed by atoms with Gasteiger partial charge in [-0.3, -0.25) is 9.79 Å². The van der Waals surface area contributed by atoms with Crippen molar-refractivity contribution in [3.05, 3.63) is 60.6 Å². The van der Waals surface area contributed by atoms with Crippen molar-refractivity contribution in [3.8, 4) is 0 Å². The van der Waals surface area contributed by atoms with Crippen LogP contribution in [0.2, 0.25) is 0 Å². The zero-order valence-electron chi connectivity index (χ0n) is 15.4. The lowest BCUT2D eigenvalue weighted by molar-refractivity contribution is -0.132. The Labute approximate surface area is 155 Å². The van der Waals surface area contributed by atoms with Crippen LogP contribution in [-0.4, -0.2) is 35.1 Å². The van der Waals surface area contributed by atoms with E-state index in [9.17, 15) is 9.18 Å². The molecule has 1 aromatic rings. The van der Waals surface area contributed by atoms with Crippen molar-refractivity contribution in [2.45, 2.75) is 51.1 Å². The van der Waals surface area contributed by atoms with E-state index >= 15 is 0 Å². The lowest BCUT2D eigenvalue weighted by Gasteiger charge is -2.26. The fourth-order valence-electron chi connectivity index (χ4n) is 3.34. The number of rotatable bonds is 8. The van der Waals surface area contributed by atoms with Crippen molar-refractivity contribution in [1.82, 2.24) is 4.90 Å². The van der Waals surface area contributed by atoms with E-state index in [1.165, 1.54) is 6.07 Å². The number of aliphatic imine (C=N–C) groups is 1. The Balaban J connectivity index is 1.94. The standard InChI is InChI=1S/C21H28FN3O/c1-3-11-24-18(4-2)15-19-9-7-12-25(19)21(26)14-17(23)13-16-8-5-6-10-20(16)22/h3-6,8,10-11,17,19H,2,7,9,12-15,23H2,1H3/b11-3-,24-18?/t17-,19?/m1/s1. The highest BCUT2D eigenvalue weighted by molar-refractivity contribution is 5.95. The number of hydrogen-bond acceptors (Lipinski definition) is 3. The Morgan fingerprint density at radius 2 is 2.27 bits per heavy atom. The fraction of sp³-hybridized carbons (Fsp3) is 0.429. The molecule has 1 aliphatic rings. The molecule has 140 valence electrons. The Morgan fingerprint density at radius 3 is 2.96 bits per heavy atom. The third kappa shape index (κ3) is 5.63. The largest absolute Gasteiger partial charge is 0.339 e. The van der Waals surface area contributed by atoms with Crippen LogP contribution in [0.1, 0.15) is 38.2 Å². The first-order valence-corrected chi connectivity index (χ1v) is 9.13. The van der Waals surface area contributed by atoms with Gasteiger partial charge in [-0.1, -0.05) is 30.9 Å². The van der Waals surface area contributed by atoms with E-state index < -0.39 is 6.04 Å². The number of amides is 1. The summed E-state index contributed by atoms with van der Waals surface area (Å²) in [6, 6.07) is 6.30. The molecule has 2 atom stereocenters. The van der Waals surface area contributed by atoms with Gasteiger partial charge in [-0.05, 0) is 43.9 Å². The van der Waals surface area contributed by atoms with Crippen molar-refractivity contribution < 1.29 is 9.18 Å². The van der Waals surface area contributed by atoms with Crippen LogP contribution in [0.3, 0.4) is 0 Å². The summed E-state index contributed by atoms with van der Waals surface area (Å²) in [5, 5.41) is 0. The van der Waals surface area contributed by atoms with Gasteiger partial charge in [0.15, 0.2) is 0 Å². The lowest BCUT2D eigenvalue weighted by atomic mass is 10.0. The van der Waals surface area contributed by atoms with Crippen molar-refractivity contribution in [2.24, 2.45) is 10.7 Å². The van der Waals surface area contributed by atoms with Gasteiger partial charge in [-0.25, -0.2) is 4.39 Å². The van der Waals surface area contributed by atoms with Gasteiger partial charge in [-0.15, -0.1) is 0 Å².